The van der Waals surface area contributed by atoms with Crippen LogP contribution in [0.2, 0.25) is 5.02 Å². The molecular weight excluding hydrogens is 432 g/mol. The van der Waals surface area contributed by atoms with E-state index in [1.807, 2.05) is 24.3 Å². The summed E-state index contributed by atoms with van der Waals surface area (Å²) >= 11 is 5.95. The number of amides is 2. The number of aromatic nitrogens is 1. The molecule has 3 aromatic rings. The highest BCUT2D eigenvalue weighted by Gasteiger charge is 2.24. The van der Waals surface area contributed by atoms with Crippen molar-refractivity contribution in [3.63, 3.8) is 0 Å². The number of benzene rings is 2. The average Bonchev–Trinajstić information content (AvgIpc) is 3.19. The van der Waals surface area contributed by atoms with Crippen LogP contribution in [0.15, 0.2) is 54.7 Å². The average molecular weight is 457 g/mol. The predicted molar refractivity (Wildman–Crippen MR) is 122 cm³/mol. The van der Waals surface area contributed by atoms with E-state index in [0.717, 1.165) is 22.0 Å². The zero-order valence-electron chi connectivity index (χ0n) is 17.3. The number of H-pyrrole nitrogens is 1. The molecule has 2 aromatic carbocycles. The smallest absolute Gasteiger partial charge is 0.326 e. The van der Waals surface area contributed by atoms with Gasteiger partial charge in [0.25, 0.3) is 0 Å². The molecule has 0 aliphatic heterocycles. The van der Waals surface area contributed by atoms with Crippen LogP contribution in [0.25, 0.3) is 10.9 Å². The van der Waals surface area contributed by atoms with Gasteiger partial charge in [0.2, 0.25) is 11.8 Å². The molecule has 0 aliphatic rings. The van der Waals surface area contributed by atoms with Crippen LogP contribution in [-0.4, -0.2) is 47.0 Å². The van der Waals surface area contributed by atoms with Gasteiger partial charge in [-0.05, 0) is 29.3 Å². The van der Waals surface area contributed by atoms with Crippen LogP contribution in [0, 0.1) is 0 Å². The minimum Gasteiger partial charge on any atom is -0.480 e. The highest BCUT2D eigenvalue weighted by atomic mass is 35.5. The Morgan fingerprint density at radius 2 is 1.78 bits per heavy atom. The van der Waals surface area contributed by atoms with Crippen molar-refractivity contribution < 1.29 is 19.5 Å². The van der Waals surface area contributed by atoms with E-state index in [4.69, 9.17) is 17.3 Å². The van der Waals surface area contributed by atoms with Crippen LogP contribution in [0.4, 0.5) is 0 Å². The molecule has 0 spiro atoms. The van der Waals surface area contributed by atoms with Gasteiger partial charge in [-0.3, -0.25) is 9.59 Å². The van der Waals surface area contributed by atoms with Gasteiger partial charge < -0.3 is 26.5 Å². The summed E-state index contributed by atoms with van der Waals surface area (Å²) in [5.41, 5.74) is 7.84. The third kappa shape index (κ3) is 6.09. The SMILES string of the molecule is NCC(=O)NC[C@H](CC(=O)N[C@@H](Cc1c[nH]c2ccccc12)C(=O)O)c1ccc(Cl)cc1. The third-order valence-electron chi connectivity index (χ3n) is 5.24. The molecular formula is C23H25ClN4O4. The minimum atomic E-state index is -1.12. The number of para-hydroxylation sites is 1. The highest BCUT2D eigenvalue weighted by molar-refractivity contribution is 6.30. The van der Waals surface area contributed by atoms with Crippen LogP contribution in [-0.2, 0) is 20.8 Å². The quantitative estimate of drug-likeness (QED) is 0.318. The van der Waals surface area contributed by atoms with E-state index in [1.165, 1.54) is 0 Å². The first kappa shape index (κ1) is 23.3. The molecule has 2 amide bonds. The summed E-state index contributed by atoms with van der Waals surface area (Å²) in [6.07, 6.45) is 1.89. The first-order chi connectivity index (χ1) is 15.4. The van der Waals surface area contributed by atoms with E-state index in [-0.39, 0.29) is 37.8 Å². The molecule has 9 heteroatoms. The van der Waals surface area contributed by atoms with Crippen LogP contribution < -0.4 is 16.4 Å². The number of halogens is 1. The topological polar surface area (TPSA) is 137 Å². The van der Waals surface area contributed by atoms with Gasteiger partial charge in [0.05, 0.1) is 6.54 Å². The number of hydrogen-bond donors (Lipinski definition) is 5. The van der Waals surface area contributed by atoms with Gasteiger partial charge in [-0.1, -0.05) is 41.9 Å². The Morgan fingerprint density at radius 3 is 2.47 bits per heavy atom. The molecule has 0 radical (unpaired) electrons. The summed E-state index contributed by atoms with van der Waals surface area (Å²) in [6, 6.07) is 13.4. The first-order valence-electron chi connectivity index (χ1n) is 10.2. The number of nitrogens with one attached hydrogen (secondary N) is 3. The Hall–Kier alpha value is -3.36. The lowest BCUT2D eigenvalue weighted by atomic mass is 9.94. The molecule has 3 rings (SSSR count). The molecule has 0 unspecified atom stereocenters. The van der Waals surface area contributed by atoms with Crippen molar-refractivity contribution in [1.29, 1.82) is 0 Å². The number of aromatic amines is 1. The lowest BCUT2D eigenvalue weighted by Gasteiger charge is -2.20. The van der Waals surface area contributed by atoms with Crippen molar-refractivity contribution in [2.45, 2.75) is 24.8 Å². The Morgan fingerprint density at radius 1 is 1.06 bits per heavy atom. The van der Waals surface area contributed by atoms with Gasteiger partial charge in [-0.25, -0.2) is 4.79 Å². The Kier molecular flexibility index (Phi) is 7.86. The maximum absolute atomic E-state index is 12.8. The van der Waals surface area contributed by atoms with Gasteiger partial charge in [-0.15, -0.1) is 0 Å². The second kappa shape index (κ2) is 10.8. The number of carbonyl (C=O) groups is 3. The van der Waals surface area contributed by atoms with Crippen molar-refractivity contribution in [3.05, 3.63) is 70.9 Å². The van der Waals surface area contributed by atoms with Gasteiger partial charge in [0.1, 0.15) is 6.04 Å². The fourth-order valence-corrected chi connectivity index (χ4v) is 3.68. The first-order valence-corrected chi connectivity index (χ1v) is 10.5. The lowest BCUT2D eigenvalue weighted by Crippen LogP contribution is -2.43. The number of rotatable bonds is 10. The number of hydrogen-bond acceptors (Lipinski definition) is 4. The van der Waals surface area contributed by atoms with Crippen LogP contribution >= 0.6 is 11.6 Å². The van der Waals surface area contributed by atoms with Gasteiger partial charge in [0, 0.05) is 47.4 Å². The Labute approximate surface area is 190 Å². The number of carboxylic acid groups (broad SMARTS) is 1. The van der Waals surface area contributed by atoms with E-state index in [9.17, 15) is 19.5 Å². The minimum absolute atomic E-state index is 0.00977. The maximum atomic E-state index is 12.8. The van der Waals surface area contributed by atoms with Crippen LogP contribution in [0.5, 0.6) is 0 Å². The number of fused-ring (bicyclic) bond motifs is 1. The molecule has 0 aliphatic carbocycles. The molecule has 1 aromatic heterocycles. The molecule has 0 saturated carbocycles. The van der Waals surface area contributed by atoms with Crippen molar-refractivity contribution in [2.75, 3.05) is 13.1 Å². The van der Waals surface area contributed by atoms with E-state index in [1.54, 1.807) is 30.5 Å². The molecule has 1 heterocycles. The molecule has 0 fully saturated rings. The molecule has 0 saturated heterocycles. The van der Waals surface area contributed by atoms with Crippen LogP contribution in [0.1, 0.15) is 23.5 Å². The van der Waals surface area contributed by atoms with Gasteiger partial charge in [-0.2, -0.15) is 0 Å². The third-order valence-corrected chi connectivity index (χ3v) is 5.49. The van der Waals surface area contributed by atoms with Crippen molar-refractivity contribution in [1.82, 2.24) is 15.6 Å². The summed E-state index contributed by atoms with van der Waals surface area (Å²) in [5, 5.41) is 16.4. The maximum Gasteiger partial charge on any atom is 0.326 e. The molecule has 32 heavy (non-hydrogen) atoms. The second-order valence-electron chi connectivity index (χ2n) is 7.48. The lowest BCUT2D eigenvalue weighted by molar-refractivity contribution is -0.141. The van der Waals surface area contributed by atoms with Crippen molar-refractivity contribution in [2.24, 2.45) is 5.73 Å². The largest absolute Gasteiger partial charge is 0.480 e. The van der Waals surface area contributed by atoms with E-state index in [2.05, 4.69) is 15.6 Å². The number of carbonyl (C=O) groups excluding carboxylic acids is 2. The van der Waals surface area contributed by atoms with Crippen molar-refractivity contribution in [3.8, 4) is 0 Å². The molecule has 168 valence electrons. The standard InChI is InChI=1S/C23H25ClN4O4/c24-17-7-5-14(6-8-17)15(12-27-22(30)11-25)10-21(29)28-20(23(31)32)9-16-13-26-19-4-2-1-3-18(16)19/h1-8,13,15,20,26H,9-12,25H2,(H,27,30)(H,28,29)(H,31,32)/t15-,20-/m0/s1. The normalized spacial score (nSPS) is 12.8. The number of carboxylic acids is 1. The zero-order chi connectivity index (χ0) is 23.1. The van der Waals surface area contributed by atoms with Gasteiger partial charge >= 0.3 is 5.97 Å². The summed E-state index contributed by atoms with van der Waals surface area (Å²) in [6.45, 7) is 0.0243. The Balaban J connectivity index is 1.71. The fourth-order valence-electron chi connectivity index (χ4n) is 3.55. The summed E-state index contributed by atoms with van der Waals surface area (Å²) in [4.78, 5) is 39.3. The number of nitrogens with two attached hydrogens (primary N) is 1. The Bertz CT molecular complexity index is 1100. The zero-order valence-corrected chi connectivity index (χ0v) is 18.1. The monoisotopic (exact) mass is 456 g/mol. The van der Waals surface area contributed by atoms with Crippen LogP contribution in [0.3, 0.4) is 0 Å². The van der Waals surface area contributed by atoms with E-state index < -0.39 is 17.9 Å². The summed E-state index contributed by atoms with van der Waals surface area (Å²) < 4.78 is 0. The second-order valence-corrected chi connectivity index (χ2v) is 7.92. The van der Waals surface area contributed by atoms with Crippen molar-refractivity contribution >= 4 is 40.3 Å². The fraction of sp³-hybridized carbons (Fsp3) is 0.261. The summed E-state index contributed by atoms with van der Waals surface area (Å²) in [5.74, 6) is -2.26. The molecule has 0 bridgehead atoms. The molecule has 6 N–H and O–H groups in total. The number of aliphatic carboxylic acids is 1. The molecule has 8 nitrogen and oxygen atoms in total. The van der Waals surface area contributed by atoms with E-state index >= 15 is 0 Å². The van der Waals surface area contributed by atoms with E-state index in [0.29, 0.717) is 5.02 Å². The summed E-state index contributed by atoms with van der Waals surface area (Å²) in [7, 11) is 0. The molecule has 2 atom stereocenters. The highest BCUT2D eigenvalue weighted by Crippen LogP contribution is 2.22. The predicted octanol–water partition coefficient (Wildman–Crippen LogP) is 2.18. The van der Waals surface area contributed by atoms with Gasteiger partial charge in [0.15, 0.2) is 0 Å².